The number of nitrogens with two attached hydrogens (primary N) is 1. The summed E-state index contributed by atoms with van der Waals surface area (Å²) in [6, 6.07) is 0. The van der Waals surface area contributed by atoms with Gasteiger partial charge in [-0.3, -0.25) is 9.11 Å². The molecule has 0 aromatic rings. The van der Waals surface area contributed by atoms with E-state index in [2.05, 4.69) is 5.73 Å². The van der Waals surface area contributed by atoms with Crippen molar-refractivity contribution in [2.75, 3.05) is 0 Å². The standard InChI is InChI=1S/CH2N2.H3N.H2O4S/c2-1-3;;1-5(2,3)4/h2H2;1H3;(H2,1,2,3,4). The summed E-state index contributed by atoms with van der Waals surface area (Å²) in [5.74, 6) is 0. The average Bonchev–Trinajstić information content (AvgIpc) is 1.27. The van der Waals surface area contributed by atoms with Gasteiger partial charge in [-0.05, 0) is 0 Å². The SMILES string of the molecule is N.N#CN.O=S(=O)(O)O. The highest BCUT2D eigenvalue weighted by molar-refractivity contribution is 7.79. The predicted molar refractivity (Wildman–Crippen MR) is 29.0 cm³/mol. The smallest absolute Gasteiger partial charge is 0.344 e. The van der Waals surface area contributed by atoms with Crippen LogP contribution in [0.1, 0.15) is 0 Å². The van der Waals surface area contributed by atoms with Crippen LogP contribution in [0.4, 0.5) is 0 Å². The Bertz CT molecular complexity index is 157. The molecule has 0 bridgehead atoms. The first-order chi connectivity index (χ1) is 3.41. The van der Waals surface area contributed by atoms with E-state index in [1.165, 1.54) is 6.19 Å². The highest BCUT2D eigenvalue weighted by atomic mass is 32.3. The van der Waals surface area contributed by atoms with Crippen molar-refractivity contribution in [3.63, 3.8) is 0 Å². The molecule has 7 N–H and O–H groups in total. The largest absolute Gasteiger partial charge is 0.394 e. The average molecular weight is 157 g/mol. The third-order valence-electron chi connectivity index (χ3n) is 0. The van der Waals surface area contributed by atoms with Gasteiger partial charge in [0.25, 0.3) is 0 Å². The van der Waals surface area contributed by atoms with Gasteiger partial charge in [0, 0.05) is 0 Å². The van der Waals surface area contributed by atoms with Gasteiger partial charge < -0.3 is 11.9 Å². The maximum Gasteiger partial charge on any atom is 0.394 e. The lowest BCUT2D eigenvalue weighted by atomic mass is 11.5. The molecule has 0 heterocycles. The first-order valence-corrected chi connectivity index (χ1v) is 2.61. The fourth-order valence-electron chi connectivity index (χ4n) is 0. The van der Waals surface area contributed by atoms with Crippen LogP contribution < -0.4 is 11.9 Å². The van der Waals surface area contributed by atoms with Crippen LogP contribution in [0.3, 0.4) is 0 Å². The Morgan fingerprint density at radius 1 is 1.44 bits per heavy atom. The fraction of sp³-hybridized carbons (Fsp3) is 0. The molecule has 0 saturated carbocycles. The molecule has 7 nitrogen and oxygen atoms in total. The quantitative estimate of drug-likeness (QED) is 0.198. The second-order valence-corrected chi connectivity index (χ2v) is 1.47. The maximum atomic E-state index is 8.74. The van der Waals surface area contributed by atoms with Gasteiger partial charge in [0.05, 0.1) is 0 Å². The summed E-state index contributed by atoms with van der Waals surface area (Å²) in [4.78, 5) is 0. The summed E-state index contributed by atoms with van der Waals surface area (Å²) < 4.78 is 31.6. The molecular weight excluding hydrogens is 150 g/mol. The van der Waals surface area contributed by atoms with Gasteiger partial charge in [-0.25, -0.2) is 0 Å². The van der Waals surface area contributed by atoms with Crippen molar-refractivity contribution >= 4 is 10.4 Å². The van der Waals surface area contributed by atoms with Crippen molar-refractivity contribution in [3.05, 3.63) is 0 Å². The second kappa shape index (κ2) is 7.12. The third kappa shape index (κ3) is 241. The van der Waals surface area contributed by atoms with Crippen LogP contribution in [0.2, 0.25) is 0 Å². The first-order valence-electron chi connectivity index (χ1n) is 1.21. The van der Waals surface area contributed by atoms with Crippen LogP contribution in [0.15, 0.2) is 0 Å². The van der Waals surface area contributed by atoms with Gasteiger partial charge in [-0.2, -0.15) is 13.7 Å². The lowest BCUT2D eigenvalue weighted by Crippen LogP contribution is -1.89. The highest BCUT2D eigenvalue weighted by Crippen LogP contribution is 1.59. The minimum absolute atomic E-state index is 0. The molecule has 0 aromatic carbocycles. The van der Waals surface area contributed by atoms with E-state index in [1.807, 2.05) is 0 Å². The Morgan fingerprint density at radius 3 is 1.44 bits per heavy atom. The molecule has 0 amide bonds. The van der Waals surface area contributed by atoms with Gasteiger partial charge in [0.1, 0.15) is 0 Å². The Balaban J connectivity index is -0.0000000800. The number of rotatable bonds is 0. The normalized spacial score (nSPS) is 7.22. The van der Waals surface area contributed by atoms with E-state index in [0.717, 1.165) is 0 Å². The summed E-state index contributed by atoms with van der Waals surface area (Å²) >= 11 is 0. The first kappa shape index (κ1) is 15.7. The summed E-state index contributed by atoms with van der Waals surface area (Å²) in [5, 5.41) is 7.10. The maximum absolute atomic E-state index is 8.74. The van der Waals surface area contributed by atoms with E-state index in [9.17, 15) is 0 Å². The Hall–Kier alpha value is -0.880. The van der Waals surface area contributed by atoms with Crippen LogP contribution in [0.5, 0.6) is 0 Å². The Labute approximate surface area is 52.2 Å². The number of hydrogen-bond donors (Lipinski definition) is 4. The molecule has 0 fully saturated rings. The summed E-state index contributed by atoms with van der Waals surface area (Å²) in [6.45, 7) is 0. The predicted octanol–water partition coefficient (Wildman–Crippen LogP) is -1.06. The molecule has 0 unspecified atom stereocenters. The molecular formula is CH7N3O4S. The van der Waals surface area contributed by atoms with Crippen LogP contribution in [0, 0.1) is 11.5 Å². The van der Waals surface area contributed by atoms with Crippen LogP contribution in [-0.4, -0.2) is 17.5 Å². The van der Waals surface area contributed by atoms with Crippen molar-refractivity contribution < 1.29 is 17.5 Å². The number of hydrogen-bond acceptors (Lipinski definition) is 5. The fourth-order valence-corrected chi connectivity index (χ4v) is 0. The molecule has 0 rings (SSSR count). The molecule has 56 valence electrons. The van der Waals surface area contributed by atoms with Gasteiger partial charge >= 0.3 is 10.4 Å². The zero-order valence-electron chi connectivity index (χ0n) is 4.35. The summed E-state index contributed by atoms with van der Waals surface area (Å²) in [6.07, 6.45) is 1.25. The van der Waals surface area contributed by atoms with Gasteiger partial charge in [0.15, 0.2) is 6.19 Å². The monoisotopic (exact) mass is 157 g/mol. The molecule has 0 atom stereocenters. The van der Waals surface area contributed by atoms with Crippen molar-refractivity contribution in [2.24, 2.45) is 5.73 Å². The van der Waals surface area contributed by atoms with Crippen molar-refractivity contribution in [1.29, 1.82) is 5.26 Å². The lowest BCUT2D eigenvalue weighted by molar-refractivity contribution is 0.381. The minimum atomic E-state index is -4.67. The van der Waals surface area contributed by atoms with Gasteiger partial charge in [0.2, 0.25) is 0 Å². The number of nitriles is 1. The minimum Gasteiger partial charge on any atom is -0.344 e. The van der Waals surface area contributed by atoms with Crippen LogP contribution in [0.25, 0.3) is 0 Å². The lowest BCUT2D eigenvalue weighted by Gasteiger charge is -1.68. The second-order valence-electron chi connectivity index (χ2n) is 0.577. The zero-order valence-corrected chi connectivity index (χ0v) is 5.17. The zero-order chi connectivity index (χ0) is 7.21. The molecule has 0 aliphatic heterocycles. The van der Waals surface area contributed by atoms with E-state index >= 15 is 0 Å². The van der Waals surface area contributed by atoms with Gasteiger partial charge in [-0.15, -0.1) is 0 Å². The Kier molecular flexibility index (Phi) is 12.4. The molecule has 8 heteroatoms. The van der Waals surface area contributed by atoms with Crippen molar-refractivity contribution in [2.45, 2.75) is 0 Å². The van der Waals surface area contributed by atoms with E-state index in [0.29, 0.717) is 0 Å². The summed E-state index contributed by atoms with van der Waals surface area (Å²) in [7, 11) is -4.67. The van der Waals surface area contributed by atoms with Crippen molar-refractivity contribution in [1.82, 2.24) is 6.15 Å². The highest BCUT2D eigenvalue weighted by Gasteiger charge is 1.84. The molecule has 0 spiro atoms. The van der Waals surface area contributed by atoms with E-state index in [1.54, 1.807) is 0 Å². The van der Waals surface area contributed by atoms with Crippen LogP contribution in [-0.2, 0) is 10.4 Å². The van der Waals surface area contributed by atoms with Crippen LogP contribution >= 0.6 is 0 Å². The number of nitrogens with zero attached hydrogens (tertiary/aromatic N) is 1. The van der Waals surface area contributed by atoms with Crippen molar-refractivity contribution in [3.8, 4) is 6.19 Å². The Morgan fingerprint density at radius 2 is 1.44 bits per heavy atom. The topological polar surface area (TPSA) is 159 Å². The molecule has 0 aliphatic rings. The van der Waals surface area contributed by atoms with E-state index < -0.39 is 10.4 Å². The molecule has 0 aliphatic carbocycles. The van der Waals surface area contributed by atoms with E-state index in [4.69, 9.17) is 22.8 Å². The third-order valence-corrected chi connectivity index (χ3v) is 0. The molecule has 0 radical (unpaired) electrons. The van der Waals surface area contributed by atoms with E-state index in [-0.39, 0.29) is 6.15 Å². The molecule has 0 saturated heterocycles. The molecule has 0 aromatic heterocycles. The van der Waals surface area contributed by atoms with Gasteiger partial charge in [-0.1, -0.05) is 0 Å². The summed E-state index contributed by atoms with van der Waals surface area (Å²) in [5.41, 5.74) is 4.15. The molecule has 9 heavy (non-hydrogen) atoms.